The third-order valence-electron chi connectivity index (χ3n) is 5.67. The number of carbonyl (C=O) groups is 3. The Morgan fingerprint density at radius 3 is 2.52 bits per heavy atom. The minimum atomic E-state index is -0.322. The number of benzene rings is 2. The lowest BCUT2D eigenvalue weighted by atomic mass is 10.0. The van der Waals surface area contributed by atoms with Crippen LogP contribution in [0.25, 0.3) is 0 Å². The van der Waals surface area contributed by atoms with E-state index in [1.807, 2.05) is 54.6 Å². The van der Waals surface area contributed by atoms with Crippen LogP contribution in [0.4, 0.5) is 0 Å². The summed E-state index contributed by atoms with van der Waals surface area (Å²) in [5, 5.41) is 3.62. The largest absolute Gasteiger partial charge is 0.354 e. The first-order chi connectivity index (χ1) is 16.0. The highest BCUT2D eigenvalue weighted by atomic mass is 35.5. The molecule has 0 spiro atoms. The molecule has 1 atom stereocenters. The molecule has 1 fully saturated rings. The van der Waals surface area contributed by atoms with E-state index >= 15 is 0 Å². The van der Waals surface area contributed by atoms with Crippen molar-refractivity contribution in [3.05, 3.63) is 70.7 Å². The molecule has 1 aliphatic rings. The first-order valence-corrected chi connectivity index (χ1v) is 12.7. The van der Waals surface area contributed by atoms with Crippen molar-refractivity contribution < 1.29 is 14.4 Å². The number of rotatable bonds is 5. The van der Waals surface area contributed by atoms with Gasteiger partial charge in [-0.1, -0.05) is 60.1 Å². The van der Waals surface area contributed by atoms with Gasteiger partial charge < -0.3 is 15.1 Å². The molecule has 6 nitrogen and oxygen atoms in total. The average molecular weight is 488 g/mol. The number of carbonyl (C=O) groups excluding carboxylic acids is 3. The van der Waals surface area contributed by atoms with E-state index in [0.717, 1.165) is 11.1 Å². The van der Waals surface area contributed by atoms with Crippen molar-refractivity contribution >= 4 is 41.1 Å². The van der Waals surface area contributed by atoms with Gasteiger partial charge >= 0.3 is 0 Å². The molecule has 2 aromatic rings. The predicted octanol–water partition coefficient (Wildman–Crippen LogP) is 3.90. The van der Waals surface area contributed by atoms with Crippen molar-refractivity contribution in [2.75, 3.05) is 31.9 Å². The van der Waals surface area contributed by atoms with E-state index in [0.29, 0.717) is 49.1 Å². The summed E-state index contributed by atoms with van der Waals surface area (Å²) in [5.74, 6) is 0.811. The van der Waals surface area contributed by atoms with Gasteiger partial charge in [-0.15, -0.1) is 11.8 Å². The molecule has 1 aliphatic heterocycles. The van der Waals surface area contributed by atoms with Gasteiger partial charge in [0.15, 0.2) is 0 Å². The maximum absolute atomic E-state index is 12.9. The molecule has 0 aliphatic carbocycles. The number of amides is 3. The van der Waals surface area contributed by atoms with Crippen molar-refractivity contribution in [2.45, 2.75) is 31.6 Å². The lowest BCUT2D eigenvalue weighted by Gasteiger charge is -2.31. The number of nitrogens with one attached hydrogen (secondary N) is 1. The molecule has 1 unspecified atom stereocenters. The Balaban J connectivity index is 1.63. The Morgan fingerprint density at radius 1 is 1.06 bits per heavy atom. The van der Waals surface area contributed by atoms with Gasteiger partial charge in [-0.05, 0) is 23.6 Å². The quantitative estimate of drug-likeness (QED) is 0.694. The van der Waals surface area contributed by atoms with Crippen LogP contribution in [0, 0.1) is 0 Å². The molecule has 8 heteroatoms. The minimum Gasteiger partial charge on any atom is -0.354 e. The highest BCUT2D eigenvalue weighted by molar-refractivity contribution is 7.99. The number of hydrogen-bond acceptors (Lipinski definition) is 4. The molecular formula is C25H30ClN3O3S. The predicted molar refractivity (Wildman–Crippen MR) is 133 cm³/mol. The molecule has 176 valence electrons. The van der Waals surface area contributed by atoms with Crippen LogP contribution in [-0.2, 0) is 20.1 Å². The van der Waals surface area contributed by atoms with Crippen LogP contribution in [0.2, 0.25) is 5.02 Å². The number of nitrogens with zero attached hydrogens (tertiary/aromatic N) is 2. The van der Waals surface area contributed by atoms with E-state index in [-0.39, 0.29) is 30.2 Å². The number of thioether (sulfide) groups is 1. The molecule has 0 radical (unpaired) electrons. The van der Waals surface area contributed by atoms with E-state index in [4.69, 9.17) is 11.6 Å². The molecule has 0 bridgehead atoms. The second-order valence-corrected chi connectivity index (χ2v) is 9.40. The SMILES string of the molecule is CC(=O)N1CCCN(C(=O)CSCc2ccccc2Cl)CCNC(=O)CC1c1ccccc1. The van der Waals surface area contributed by atoms with Gasteiger partial charge in [0, 0.05) is 43.9 Å². The second-order valence-electron chi connectivity index (χ2n) is 8.01. The number of halogens is 1. The van der Waals surface area contributed by atoms with Gasteiger partial charge in [0.05, 0.1) is 18.2 Å². The Morgan fingerprint density at radius 2 is 1.79 bits per heavy atom. The van der Waals surface area contributed by atoms with Gasteiger partial charge in [0.1, 0.15) is 0 Å². The fourth-order valence-electron chi connectivity index (χ4n) is 3.94. The molecule has 33 heavy (non-hydrogen) atoms. The van der Waals surface area contributed by atoms with Gasteiger partial charge in [-0.2, -0.15) is 0 Å². The fraction of sp³-hybridized carbons (Fsp3) is 0.400. The van der Waals surface area contributed by atoms with Gasteiger partial charge in [-0.3, -0.25) is 14.4 Å². The van der Waals surface area contributed by atoms with Crippen molar-refractivity contribution in [3.63, 3.8) is 0 Å². The monoisotopic (exact) mass is 487 g/mol. The van der Waals surface area contributed by atoms with Crippen molar-refractivity contribution in [2.24, 2.45) is 0 Å². The van der Waals surface area contributed by atoms with Crippen LogP contribution in [0.15, 0.2) is 54.6 Å². The lowest BCUT2D eigenvalue weighted by Crippen LogP contribution is -2.40. The van der Waals surface area contributed by atoms with E-state index in [2.05, 4.69) is 5.32 Å². The summed E-state index contributed by atoms with van der Waals surface area (Å²) in [6, 6.07) is 16.9. The van der Waals surface area contributed by atoms with Crippen LogP contribution in [0.1, 0.15) is 36.9 Å². The van der Waals surface area contributed by atoms with Crippen LogP contribution in [0.3, 0.4) is 0 Å². The standard InChI is InChI=1S/C25H30ClN3O3S/c1-19(30)29-14-7-13-28(25(32)18-33-17-21-10-5-6-11-22(21)26)15-12-27-24(31)16-23(29)20-8-3-2-4-9-20/h2-6,8-11,23H,7,12-18H2,1H3,(H,27,31). The summed E-state index contributed by atoms with van der Waals surface area (Å²) in [6.07, 6.45) is 0.850. The zero-order valence-electron chi connectivity index (χ0n) is 18.8. The Labute approximate surface area is 204 Å². The lowest BCUT2D eigenvalue weighted by molar-refractivity contribution is -0.132. The van der Waals surface area contributed by atoms with E-state index < -0.39 is 0 Å². The first kappa shape index (κ1) is 25.1. The molecular weight excluding hydrogens is 458 g/mol. The molecule has 0 saturated carbocycles. The molecule has 1 heterocycles. The van der Waals surface area contributed by atoms with E-state index in [1.54, 1.807) is 9.80 Å². The van der Waals surface area contributed by atoms with Gasteiger partial charge in [0.25, 0.3) is 0 Å². The van der Waals surface area contributed by atoms with Crippen LogP contribution >= 0.6 is 23.4 Å². The third-order valence-corrected chi connectivity index (χ3v) is 7.00. The van der Waals surface area contributed by atoms with Gasteiger partial charge in [-0.25, -0.2) is 0 Å². The first-order valence-electron chi connectivity index (χ1n) is 11.1. The second kappa shape index (κ2) is 12.7. The molecule has 3 amide bonds. The highest BCUT2D eigenvalue weighted by Gasteiger charge is 2.26. The summed E-state index contributed by atoms with van der Waals surface area (Å²) >= 11 is 7.73. The summed E-state index contributed by atoms with van der Waals surface area (Å²) < 4.78 is 0. The molecule has 0 aromatic heterocycles. The maximum Gasteiger partial charge on any atom is 0.232 e. The summed E-state index contributed by atoms with van der Waals surface area (Å²) in [6.45, 7) is 3.39. The van der Waals surface area contributed by atoms with Crippen molar-refractivity contribution in [1.29, 1.82) is 0 Å². The van der Waals surface area contributed by atoms with Crippen LogP contribution in [-0.4, -0.2) is 59.5 Å². The van der Waals surface area contributed by atoms with Crippen LogP contribution < -0.4 is 5.32 Å². The Hall–Kier alpha value is -2.51. The fourth-order valence-corrected chi connectivity index (χ4v) is 5.15. The van der Waals surface area contributed by atoms with Crippen molar-refractivity contribution in [3.8, 4) is 0 Å². The summed E-state index contributed by atoms with van der Waals surface area (Å²) in [5.41, 5.74) is 1.94. The normalized spacial score (nSPS) is 17.8. The smallest absolute Gasteiger partial charge is 0.232 e. The van der Waals surface area contributed by atoms with Crippen molar-refractivity contribution in [1.82, 2.24) is 15.1 Å². The Bertz CT molecular complexity index is 957. The van der Waals surface area contributed by atoms with Crippen LogP contribution in [0.5, 0.6) is 0 Å². The summed E-state index contributed by atoms with van der Waals surface area (Å²) in [4.78, 5) is 41.5. The van der Waals surface area contributed by atoms with E-state index in [9.17, 15) is 14.4 Å². The maximum atomic E-state index is 12.9. The minimum absolute atomic E-state index is 0.0227. The zero-order chi connectivity index (χ0) is 23.6. The molecule has 1 saturated heterocycles. The number of hydrogen-bond donors (Lipinski definition) is 1. The third kappa shape index (κ3) is 7.51. The van der Waals surface area contributed by atoms with Gasteiger partial charge in [0.2, 0.25) is 17.7 Å². The molecule has 3 rings (SSSR count). The van der Waals surface area contributed by atoms with E-state index in [1.165, 1.54) is 18.7 Å². The molecule has 1 N–H and O–H groups in total. The topological polar surface area (TPSA) is 69.7 Å². The molecule has 2 aromatic carbocycles. The Kier molecular flexibility index (Phi) is 9.63. The zero-order valence-corrected chi connectivity index (χ0v) is 20.4. The highest BCUT2D eigenvalue weighted by Crippen LogP contribution is 2.25. The summed E-state index contributed by atoms with van der Waals surface area (Å²) in [7, 11) is 0. The average Bonchev–Trinajstić information content (AvgIpc) is 2.84.